The number of carbonyl (C=O) groups excluding carboxylic acids is 1. The number of carbonyl (C=O) groups is 1. The first kappa shape index (κ1) is 24.6. The van der Waals surface area contributed by atoms with Crippen LogP contribution in [0.2, 0.25) is 5.02 Å². The first-order chi connectivity index (χ1) is 15.6. The molecule has 1 N–H and O–H groups in total. The lowest BCUT2D eigenvalue weighted by atomic mass is 10.1. The van der Waals surface area contributed by atoms with Crippen molar-refractivity contribution >= 4 is 38.9 Å². The van der Waals surface area contributed by atoms with Crippen LogP contribution in [0.15, 0.2) is 71.6 Å². The molecule has 33 heavy (non-hydrogen) atoms. The molecule has 0 saturated carbocycles. The van der Waals surface area contributed by atoms with Gasteiger partial charge in [0.05, 0.1) is 16.7 Å². The maximum absolute atomic E-state index is 13.5. The second kappa shape index (κ2) is 10.3. The van der Waals surface area contributed by atoms with Crippen molar-refractivity contribution in [3.05, 3.63) is 82.9 Å². The molecule has 0 aliphatic carbocycles. The summed E-state index contributed by atoms with van der Waals surface area (Å²) in [7, 11) is -4.02. The molecule has 0 aliphatic heterocycles. The van der Waals surface area contributed by atoms with Crippen LogP contribution in [0.4, 0.5) is 11.4 Å². The van der Waals surface area contributed by atoms with Crippen LogP contribution in [0.5, 0.6) is 5.75 Å². The summed E-state index contributed by atoms with van der Waals surface area (Å²) in [5, 5.41) is 3.19. The van der Waals surface area contributed by atoms with Gasteiger partial charge in [-0.1, -0.05) is 23.7 Å². The van der Waals surface area contributed by atoms with E-state index in [1.807, 2.05) is 33.8 Å². The van der Waals surface area contributed by atoms with E-state index in [4.69, 9.17) is 16.3 Å². The molecule has 0 heterocycles. The number of nitrogens with zero attached hydrogens (tertiary/aromatic N) is 1. The highest BCUT2D eigenvalue weighted by molar-refractivity contribution is 7.92. The lowest BCUT2D eigenvalue weighted by Crippen LogP contribution is -2.38. The molecule has 0 aromatic heterocycles. The fraction of sp³-hybridized carbons (Fsp3) is 0.240. The maximum atomic E-state index is 13.5. The Balaban J connectivity index is 1.92. The average molecular weight is 487 g/mol. The minimum absolute atomic E-state index is 0.0132. The van der Waals surface area contributed by atoms with Crippen LogP contribution in [-0.2, 0) is 14.8 Å². The van der Waals surface area contributed by atoms with Gasteiger partial charge in [-0.05, 0) is 87.4 Å². The van der Waals surface area contributed by atoms with Crippen molar-refractivity contribution in [2.75, 3.05) is 16.2 Å². The number of hydrogen-bond donors (Lipinski definition) is 1. The molecule has 174 valence electrons. The fourth-order valence-corrected chi connectivity index (χ4v) is 4.72. The molecule has 0 radical (unpaired) electrons. The van der Waals surface area contributed by atoms with Crippen molar-refractivity contribution < 1.29 is 17.9 Å². The number of sulfonamides is 1. The molecule has 0 saturated heterocycles. The third kappa shape index (κ3) is 6.27. The van der Waals surface area contributed by atoms with E-state index in [1.165, 1.54) is 24.3 Å². The van der Waals surface area contributed by atoms with Gasteiger partial charge >= 0.3 is 0 Å². The summed E-state index contributed by atoms with van der Waals surface area (Å²) in [6.45, 7) is 7.26. The standard InChI is InChI=1S/C25H27ClN2O4S/c1-17(2)32-23-7-5-6-21(15-23)27-25(29)16-28(22-11-8-18(3)19(4)14-22)33(30,31)24-12-9-20(26)10-13-24/h5-15,17H,16H2,1-4H3,(H,27,29). The van der Waals surface area contributed by atoms with E-state index in [-0.39, 0.29) is 11.0 Å². The van der Waals surface area contributed by atoms with Crippen LogP contribution in [-0.4, -0.2) is 27.0 Å². The van der Waals surface area contributed by atoms with Crippen LogP contribution in [0.1, 0.15) is 25.0 Å². The molecule has 0 fully saturated rings. The van der Waals surface area contributed by atoms with Crippen molar-refractivity contribution in [2.24, 2.45) is 0 Å². The molecule has 3 aromatic rings. The summed E-state index contributed by atoms with van der Waals surface area (Å²) >= 11 is 5.93. The van der Waals surface area contributed by atoms with E-state index in [1.54, 1.807) is 36.4 Å². The highest BCUT2D eigenvalue weighted by Gasteiger charge is 2.27. The lowest BCUT2D eigenvalue weighted by molar-refractivity contribution is -0.114. The first-order valence-electron chi connectivity index (χ1n) is 10.5. The second-order valence-electron chi connectivity index (χ2n) is 7.98. The molecule has 0 bridgehead atoms. The Morgan fingerprint density at radius 1 is 1.00 bits per heavy atom. The largest absolute Gasteiger partial charge is 0.491 e. The van der Waals surface area contributed by atoms with Crippen LogP contribution in [0, 0.1) is 13.8 Å². The molecule has 0 aliphatic rings. The summed E-state index contributed by atoms with van der Waals surface area (Å²) < 4.78 is 33.7. The smallest absolute Gasteiger partial charge is 0.264 e. The minimum Gasteiger partial charge on any atom is -0.491 e. The van der Waals surface area contributed by atoms with E-state index < -0.39 is 22.5 Å². The zero-order valence-corrected chi connectivity index (χ0v) is 20.6. The van der Waals surface area contributed by atoms with E-state index in [0.717, 1.165) is 15.4 Å². The SMILES string of the molecule is Cc1ccc(N(CC(=O)Nc2cccc(OC(C)C)c2)S(=O)(=O)c2ccc(Cl)cc2)cc1C. The quantitative estimate of drug-likeness (QED) is 0.451. The molecule has 3 aromatic carbocycles. The summed E-state index contributed by atoms with van der Waals surface area (Å²) in [5.74, 6) is 0.134. The zero-order valence-electron chi connectivity index (χ0n) is 19.0. The van der Waals surface area contributed by atoms with Gasteiger partial charge in [0.1, 0.15) is 12.3 Å². The zero-order chi connectivity index (χ0) is 24.2. The molecular weight excluding hydrogens is 460 g/mol. The second-order valence-corrected chi connectivity index (χ2v) is 10.3. The Morgan fingerprint density at radius 2 is 1.70 bits per heavy atom. The average Bonchev–Trinajstić information content (AvgIpc) is 2.74. The van der Waals surface area contributed by atoms with Gasteiger partial charge in [-0.15, -0.1) is 0 Å². The molecule has 8 heteroatoms. The molecule has 0 atom stereocenters. The lowest BCUT2D eigenvalue weighted by Gasteiger charge is -2.25. The van der Waals surface area contributed by atoms with Gasteiger partial charge in [-0.3, -0.25) is 9.10 Å². The number of anilines is 2. The van der Waals surface area contributed by atoms with Crippen LogP contribution >= 0.6 is 11.6 Å². The highest BCUT2D eigenvalue weighted by atomic mass is 35.5. The summed E-state index contributed by atoms with van der Waals surface area (Å²) in [6.07, 6.45) is -0.0132. The van der Waals surface area contributed by atoms with Crippen molar-refractivity contribution in [3.63, 3.8) is 0 Å². The molecule has 0 spiro atoms. The number of benzene rings is 3. The van der Waals surface area contributed by atoms with Crippen LogP contribution in [0.3, 0.4) is 0 Å². The predicted molar refractivity (Wildman–Crippen MR) is 133 cm³/mol. The fourth-order valence-electron chi connectivity index (χ4n) is 3.18. The monoisotopic (exact) mass is 486 g/mol. The number of nitrogens with one attached hydrogen (secondary N) is 1. The minimum atomic E-state index is -4.02. The Bertz CT molecular complexity index is 1240. The van der Waals surface area contributed by atoms with Crippen molar-refractivity contribution in [3.8, 4) is 5.75 Å². The molecule has 1 amide bonds. The Hall–Kier alpha value is -3.03. The summed E-state index contributed by atoms with van der Waals surface area (Å²) in [4.78, 5) is 13.0. The van der Waals surface area contributed by atoms with Crippen LogP contribution < -0.4 is 14.4 Å². The number of ether oxygens (including phenoxy) is 1. The van der Waals surface area contributed by atoms with E-state index in [9.17, 15) is 13.2 Å². The predicted octanol–water partition coefficient (Wildman–Crippen LogP) is 5.58. The molecule has 3 rings (SSSR count). The Kier molecular flexibility index (Phi) is 7.66. The van der Waals surface area contributed by atoms with Gasteiger partial charge in [-0.25, -0.2) is 8.42 Å². The van der Waals surface area contributed by atoms with Gasteiger partial charge in [0.2, 0.25) is 5.91 Å². The number of hydrogen-bond acceptors (Lipinski definition) is 4. The van der Waals surface area contributed by atoms with Crippen molar-refractivity contribution in [2.45, 2.75) is 38.7 Å². The maximum Gasteiger partial charge on any atom is 0.264 e. The van der Waals surface area contributed by atoms with Crippen LogP contribution in [0.25, 0.3) is 0 Å². The highest BCUT2D eigenvalue weighted by Crippen LogP contribution is 2.27. The first-order valence-corrected chi connectivity index (χ1v) is 12.3. The van der Waals surface area contributed by atoms with Gasteiger partial charge < -0.3 is 10.1 Å². The Morgan fingerprint density at radius 3 is 2.33 bits per heavy atom. The number of amides is 1. The number of rotatable bonds is 8. The molecule has 0 unspecified atom stereocenters. The van der Waals surface area contributed by atoms with E-state index in [0.29, 0.717) is 22.1 Å². The Labute approximate surface area is 200 Å². The van der Waals surface area contributed by atoms with Gasteiger partial charge in [0.15, 0.2) is 0 Å². The number of halogens is 1. The third-order valence-corrected chi connectivity index (χ3v) is 7.00. The molecular formula is C25H27ClN2O4S. The van der Waals surface area contributed by atoms with Gasteiger partial charge in [0, 0.05) is 16.8 Å². The third-order valence-electron chi connectivity index (χ3n) is 4.96. The summed E-state index contributed by atoms with van der Waals surface area (Å²) in [6, 6.07) is 18.1. The normalized spacial score (nSPS) is 11.3. The van der Waals surface area contributed by atoms with Crippen molar-refractivity contribution in [1.29, 1.82) is 0 Å². The van der Waals surface area contributed by atoms with E-state index >= 15 is 0 Å². The van der Waals surface area contributed by atoms with Gasteiger partial charge in [-0.2, -0.15) is 0 Å². The molecule has 6 nitrogen and oxygen atoms in total. The van der Waals surface area contributed by atoms with Gasteiger partial charge in [0.25, 0.3) is 10.0 Å². The topological polar surface area (TPSA) is 75.7 Å². The number of aryl methyl sites for hydroxylation is 2. The van der Waals surface area contributed by atoms with E-state index in [2.05, 4.69) is 5.32 Å². The summed E-state index contributed by atoms with van der Waals surface area (Å²) in [5.41, 5.74) is 2.86. The van der Waals surface area contributed by atoms with Crippen molar-refractivity contribution in [1.82, 2.24) is 0 Å².